The summed E-state index contributed by atoms with van der Waals surface area (Å²) in [6.45, 7) is 3.62. The van der Waals surface area contributed by atoms with Crippen LogP contribution < -0.4 is 10.6 Å². The molecule has 3 aliphatic rings. The van der Waals surface area contributed by atoms with Gasteiger partial charge in [0.15, 0.2) is 0 Å². The highest BCUT2D eigenvalue weighted by atomic mass is 16.4. The molecule has 206 valence electrons. The van der Waals surface area contributed by atoms with Crippen molar-refractivity contribution in [2.24, 2.45) is 5.92 Å². The van der Waals surface area contributed by atoms with Gasteiger partial charge in [-0.3, -0.25) is 24.8 Å². The molecule has 0 saturated carbocycles. The van der Waals surface area contributed by atoms with Crippen LogP contribution in [0.2, 0.25) is 0 Å². The van der Waals surface area contributed by atoms with E-state index in [0.717, 1.165) is 49.0 Å². The number of piperidine rings is 1. The molecule has 0 aliphatic carbocycles. The lowest BCUT2D eigenvalue weighted by molar-refractivity contribution is -0.129. The van der Waals surface area contributed by atoms with E-state index in [1.165, 1.54) is 18.4 Å². The molecule has 5 rings (SSSR count). The number of nitrogens with one attached hydrogen (secondary N) is 2. The van der Waals surface area contributed by atoms with Gasteiger partial charge in [0.1, 0.15) is 0 Å². The van der Waals surface area contributed by atoms with Crippen molar-refractivity contribution in [1.29, 1.82) is 0 Å². The molecule has 39 heavy (non-hydrogen) atoms. The monoisotopic (exact) mass is 531 g/mol. The number of carboxylic acid groups (broad SMARTS) is 1. The lowest BCUT2D eigenvalue weighted by atomic mass is 9.90. The summed E-state index contributed by atoms with van der Waals surface area (Å²) >= 11 is 0. The first-order chi connectivity index (χ1) is 18.8. The van der Waals surface area contributed by atoms with Crippen LogP contribution in [0.4, 0.5) is 16.2 Å². The van der Waals surface area contributed by atoms with Crippen LogP contribution in [0.3, 0.4) is 0 Å². The van der Waals surface area contributed by atoms with Crippen molar-refractivity contribution in [2.75, 3.05) is 30.8 Å². The van der Waals surface area contributed by atoms with Crippen LogP contribution in [0, 0.1) is 5.92 Å². The lowest BCUT2D eigenvalue weighted by Crippen LogP contribution is -2.43. The Kier molecular flexibility index (Phi) is 7.97. The first kappa shape index (κ1) is 26.9. The van der Waals surface area contributed by atoms with Crippen LogP contribution in [0.1, 0.15) is 63.6 Å². The quantitative estimate of drug-likeness (QED) is 0.496. The summed E-state index contributed by atoms with van der Waals surface area (Å²) in [7, 11) is 2.15. The summed E-state index contributed by atoms with van der Waals surface area (Å²) in [4.78, 5) is 46.8. The van der Waals surface area contributed by atoms with E-state index in [2.05, 4.69) is 22.6 Å². The third kappa shape index (κ3) is 5.98. The number of pyridine rings is 1. The van der Waals surface area contributed by atoms with Gasteiger partial charge in [-0.1, -0.05) is 25.8 Å². The zero-order chi connectivity index (χ0) is 27.5. The first-order valence-corrected chi connectivity index (χ1v) is 13.9. The van der Waals surface area contributed by atoms with Crippen molar-refractivity contribution in [3.8, 4) is 11.1 Å². The summed E-state index contributed by atoms with van der Waals surface area (Å²) in [5.74, 6) is -0.325. The van der Waals surface area contributed by atoms with Crippen LogP contribution in [0.15, 0.2) is 48.2 Å². The van der Waals surface area contributed by atoms with Gasteiger partial charge in [-0.2, -0.15) is 0 Å². The zero-order valence-corrected chi connectivity index (χ0v) is 22.7. The summed E-state index contributed by atoms with van der Waals surface area (Å²) in [5.41, 5.74) is 4.58. The number of hydrogen-bond donors (Lipinski definition) is 3. The third-order valence-electron chi connectivity index (χ3n) is 8.33. The largest absolute Gasteiger partial charge is 0.465 e. The number of carbonyl (C=O) groups excluding carboxylic acids is 2. The lowest BCUT2D eigenvalue weighted by Gasteiger charge is -2.39. The van der Waals surface area contributed by atoms with E-state index in [0.29, 0.717) is 30.4 Å². The van der Waals surface area contributed by atoms with Gasteiger partial charge < -0.3 is 15.3 Å². The Hall–Kier alpha value is -3.72. The number of benzene rings is 1. The normalized spacial score (nSPS) is 24.5. The van der Waals surface area contributed by atoms with E-state index in [9.17, 15) is 14.4 Å². The molecule has 2 aromatic rings. The number of nitrogens with zero attached hydrogens (tertiary/aromatic N) is 3. The standard InChI is InChI=1S/C30H37N5O4/c1-19-6-5-8-27(35-15-12-21(17-28(35)36)26-7-3-4-14-34(26)2)25-16-20(11-13-31-25)23-10-9-22(32-30(38)39)18-24(23)33-29(19)37/h9-11,13,16-19,26-27,32H,3-8,12,14-15H2,1-2H3,(H,33,37)(H,38,39)/t19-,26?,27+/m1/s1. The van der Waals surface area contributed by atoms with Gasteiger partial charge in [-0.05, 0) is 81.1 Å². The van der Waals surface area contributed by atoms with Crippen LogP contribution >= 0.6 is 0 Å². The van der Waals surface area contributed by atoms with E-state index < -0.39 is 6.09 Å². The molecule has 1 unspecified atom stereocenters. The molecular formula is C30H37N5O4. The maximum absolute atomic E-state index is 13.5. The Balaban J connectivity index is 1.49. The molecule has 3 atom stereocenters. The number of fused-ring (bicyclic) bond motifs is 4. The van der Waals surface area contributed by atoms with E-state index in [4.69, 9.17) is 10.1 Å². The molecule has 0 spiro atoms. The van der Waals surface area contributed by atoms with Gasteiger partial charge in [-0.25, -0.2) is 4.79 Å². The second kappa shape index (κ2) is 11.6. The van der Waals surface area contributed by atoms with E-state index in [1.54, 1.807) is 24.4 Å². The zero-order valence-electron chi connectivity index (χ0n) is 22.7. The Labute approximate surface area is 229 Å². The third-order valence-corrected chi connectivity index (χ3v) is 8.33. The molecule has 3 N–H and O–H groups in total. The van der Waals surface area contributed by atoms with Gasteiger partial charge in [0.05, 0.1) is 17.4 Å². The number of amides is 3. The molecule has 9 heteroatoms. The number of carbonyl (C=O) groups is 3. The minimum Gasteiger partial charge on any atom is -0.465 e. The van der Waals surface area contributed by atoms with Gasteiger partial charge in [0.2, 0.25) is 11.8 Å². The van der Waals surface area contributed by atoms with Gasteiger partial charge in [0, 0.05) is 42.0 Å². The average molecular weight is 532 g/mol. The SMILES string of the molecule is C[C@@H]1CCC[C@H](N2CCC(C3CCCCN3C)=CC2=O)c2cc(ccn2)-c2ccc(NC(=O)O)cc2NC1=O. The summed E-state index contributed by atoms with van der Waals surface area (Å²) < 4.78 is 0. The fourth-order valence-electron chi connectivity index (χ4n) is 6.16. The van der Waals surface area contributed by atoms with Crippen LogP contribution in [0.5, 0.6) is 0 Å². The van der Waals surface area contributed by atoms with Crippen molar-refractivity contribution in [3.63, 3.8) is 0 Å². The topological polar surface area (TPSA) is 115 Å². The highest BCUT2D eigenvalue weighted by Crippen LogP contribution is 2.37. The Morgan fingerprint density at radius 2 is 1.87 bits per heavy atom. The molecule has 4 heterocycles. The van der Waals surface area contributed by atoms with Crippen molar-refractivity contribution in [3.05, 3.63) is 53.9 Å². The molecule has 0 radical (unpaired) electrons. The molecule has 1 saturated heterocycles. The van der Waals surface area contributed by atoms with Crippen LogP contribution in [0.25, 0.3) is 11.1 Å². The van der Waals surface area contributed by atoms with E-state index in [1.807, 2.05) is 30.0 Å². The Morgan fingerprint density at radius 3 is 2.64 bits per heavy atom. The van der Waals surface area contributed by atoms with Gasteiger partial charge in [-0.15, -0.1) is 0 Å². The van der Waals surface area contributed by atoms with Crippen molar-refractivity contribution in [2.45, 2.75) is 64.0 Å². The molecule has 1 aromatic carbocycles. The smallest absolute Gasteiger partial charge is 0.409 e. The highest BCUT2D eigenvalue weighted by molar-refractivity contribution is 5.98. The second-order valence-corrected chi connectivity index (χ2v) is 11.0. The second-order valence-electron chi connectivity index (χ2n) is 11.0. The first-order valence-electron chi connectivity index (χ1n) is 13.9. The van der Waals surface area contributed by atoms with Gasteiger partial charge >= 0.3 is 6.09 Å². The molecule has 1 aromatic heterocycles. The minimum absolute atomic E-state index is 0.0371. The number of rotatable bonds is 3. The maximum Gasteiger partial charge on any atom is 0.409 e. The van der Waals surface area contributed by atoms with E-state index >= 15 is 0 Å². The molecule has 2 bridgehead atoms. The fourth-order valence-corrected chi connectivity index (χ4v) is 6.16. The average Bonchev–Trinajstić information content (AvgIpc) is 2.91. The minimum atomic E-state index is -1.17. The molecule has 3 amide bonds. The molecule has 3 aliphatic heterocycles. The molecule has 9 nitrogen and oxygen atoms in total. The predicted octanol–water partition coefficient (Wildman–Crippen LogP) is 5.28. The number of anilines is 2. The Morgan fingerprint density at radius 1 is 1.05 bits per heavy atom. The fraction of sp³-hybridized carbons (Fsp3) is 0.467. The molecular weight excluding hydrogens is 494 g/mol. The highest BCUT2D eigenvalue weighted by Gasteiger charge is 2.32. The van der Waals surface area contributed by atoms with Gasteiger partial charge in [0.25, 0.3) is 0 Å². The predicted molar refractivity (Wildman–Crippen MR) is 150 cm³/mol. The Bertz CT molecular complexity index is 1290. The van der Waals surface area contributed by atoms with Crippen LogP contribution in [-0.2, 0) is 9.59 Å². The van der Waals surface area contributed by atoms with Crippen LogP contribution in [-0.4, -0.2) is 64.0 Å². The number of likely N-dealkylation sites (N-methyl/N-ethyl adjacent to an activating group) is 1. The number of aromatic nitrogens is 1. The summed E-state index contributed by atoms with van der Waals surface area (Å²) in [6.07, 6.45) is 8.96. The molecule has 1 fully saturated rings. The van der Waals surface area contributed by atoms with Crippen molar-refractivity contribution < 1.29 is 19.5 Å². The maximum atomic E-state index is 13.5. The van der Waals surface area contributed by atoms with Crippen molar-refractivity contribution in [1.82, 2.24) is 14.8 Å². The van der Waals surface area contributed by atoms with Crippen molar-refractivity contribution >= 4 is 29.3 Å². The summed E-state index contributed by atoms with van der Waals surface area (Å²) in [5, 5.41) is 14.5. The number of hydrogen-bond acceptors (Lipinski definition) is 5. The van der Waals surface area contributed by atoms with E-state index in [-0.39, 0.29) is 23.8 Å². The summed E-state index contributed by atoms with van der Waals surface area (Å²) in [6, 6.07) is 9.14. The number of likely N-dealkylation sites (tertiary alicyclic amines) is 1.